The fourth-order valence-corrected chi connectivity index (χ4v) is 2.34. The molecule has 4 nitrogen and oxygen atoms in total. The highest BCUT2D eigenvalue weighted by Crippen LogP contribution is 2.37. The number of benzene rings is 1. The number of hydrogen-bond acceptors (Lipinski definition) is 3. The quantitative estimate of drug-likeness (QED) is 0.828. The van der Waals surface area contributed by atoms with Crippen LogP contribution < -0.4 is 15.8 Å². The summed E-state index contributed by atoms with van der Waals surface area (Å²) in [5.41, 5.74) is 6.42. The molecule has 18 heavy (non-hydrogen) atoms. The van der Waals surface area contributed by atoms with E-state index in [-0.39, 0.29) is 18.1 Å². The van der Waals surface area contributed by atoms with E-state index >= 15 is 0 Å². The van der Waals surface area contributed by atoms with Crippen LogP contribution in [0.2, 0.25) is 0 Å². The van der Waals surface area contributed by atoms with Crippen LogP contribution in [0.4, 0.5) is 0 Å². The standard InChI is InChI=1S/C14H20N2O2/c1-9(7-14(15)17)16-8-13-10(2)11-5-3-4-6-12(11)18-13/h3-6,9-10,13,16H,7-8H2,1-2H3,(H2,15,17)/t9?,10-,13-/m1/s1. The van der Waals surface area contributed by atoms with Gasteiger partial charge in [-0.15, -0.1) is 0 Å². The van der Waals surface area contributed by atoms with Crippen LogP contribution in [0, 0.1) is 0 Å². The third-order valence-electron chi connectivity index (χ3n) is 3.42. The summed E-state index contributed by atoms with van der Waals surface area (Å²) in [6.07, 6.45) is 0.478. The van der Waals surface area contributed by atoms with Crippen LogP contribution in [-0.4, -0.2) is 24.6 Å². The van der Waals surface area contributed by atoms with Gasteiger partial charge in [-0.2, -0.15) is 0 Å². The summed E-state index contributed by atoms with van der Waals surface area (Å²) in [5.74, 6) is 1.06. The number of para-hydroxylation sites is 1. The van der Waals surface area contributed by atoms with Gasteiger partial charge in [-0.25, -0.2) is 0 Å². The minimum Gasteiger partial charge on any atom is -0.488 e. The van der Waals surface area contributed by atoms with E-state index < -0.39 is 0 Å². The Balaban J connectivity index is 1.88. The minimum atomic E-state index is -0.279. The number of hydrogen-bond donors (Lipinski definition) is 2. The smallest absolute Gasteiger partial charge is 0.218 e. The molecule has 1 aliphatic rings. The molecule has 1 amide bonds. The number of carbonyl (C=O) groups is 1. The molecule has 1 aliphatic heterocycles. The maximum absolute atomic E-state index is 10.8. The zero-order valence-corrected chi connectivity index (χ0v) is 10.8. The molecular formula is C14H20N2O2. The summed E-state index contributed by atoms with van der Waals surface area (Å²) in [6.45, 7) is 4.85. The van der Waals surface area contributed by atoms with Crippen molar-refractivity contribution in [2.45, 2.75) is 38.3 Å². The second kappa shape index (κ2) is 5.40. The summed E-state index contributed by atoms with van der Waals surface area (Å²) in [7, 11) is 0. The van der Waals surface area contributed by atoms with Crippen LogP contribution in [0.5, 0.6) is 5.75 Å². The van der Waals surface area contributed by atoms with Gasteiger partial charge in [0.15, 0.2) is 0 Å². The number of ether oxygens (including phenoxy) is 1. The van der Waals surface area contributed by atoms with E-state index in [1.54, 1.807) is 0 Å². The van der Waals surface area contributed by atoms with Crippen molar-refractivity contribution in [2.75, 3.05) is 6.54 Å². The molecular weight excluding hydrogens is 228 g/mol. The van der Waals surface area contributed by atoms with Crippen molar-refractivity contribution < 1.29 is 9.53 Å². The van der Waals surface area contributed by atoms with Gasteiger partial charge < -0.3 is 15.8 Å². The van der Waals surface area contributed by atoms with Crippen LogP contribution >= 0.6 is 0 Å². The highest BCUT2D eigenvalue weighted by atomic mass is 16.5. The van der Waals surface area contributed by atoms with Crippen LogP contribution in [0.15, 0.2) is 24.3 Å². The fourth-order valence-electron chi connectivity index (χ4n) is 2.34. The number of nitrogens with one attached hydrogen (secondary N) is 1. The lowest BCUT2D eigenvalue weighted by Crippen LogP contribution is -2.38. The third-order valence-corrected chi connectivity index (χ3v) is 3.42. The highest BCUT2D eigenvalue weighted by molar-refractivity contribution is 5.74. The molecule has 98 valence electrons. The Labute approximate surface area is 108 Å². The summed E-state index contributed by atoms with van der Waals surface area (Å²) in [6, 6.07) is 8.20. The molecule has 0 aromatic heterocycles. The molecule has 0 aliphatic carbocycles. The van der Waals surface area contributed by atoms with Crippen LogP contribution in [0.3, 0.4) is 0 Å². The first-order valence-corrected chi connectivity index (χ1v) is 6.35. The Morgan fingerprint density at radius 2 is 2.22 bits per heavy atom. The van der Waals surface area contributed by atoms with E-state index in [0.717, 1.165) is 12.3 Å². The topological polar surface area (TPSA) is 64.4 Å². The van der Waals surface area contributed by atoms with Crippen LogP contribution in [0.25, 0.3) is 0 Å². The van der Waals surface area contributed by atoms with Crippen molar-refractivity contribution in [2.24, 2.45) is 5.73 Å². The molecule has 3 N–H and O–H groups in total. The molecule has 2 rings (SSSR count). The summed E-state index contributed by atoms with van der Waals surface area (Å²) in [5, 5.41) is 3.30. The third kappa shape index (κ3) is 2.82. The molecule has 1 unspecified atom stereocenters. The lowest BCUT2D eigenvalue weighted by atomic mass is 9.97. The summed E-state index contributed by atoms with van der Waals surface area (Å²) < 4.78 is 5.90. The lowest BCUT2D eigenvalue weighted by Gasteiger charge is -2.19. The molecule has 1 aromatic carbocycles. The molecule has 1 heterocycles. The molecule has 1 aromatic rings. The Hall–Kier alpha value is -1.55. The Kier molecular flexibility index (Phi) is 3.87. The van der Waals surface area contributed by atoms with E-state index in [2.05, 4.69) is 18.3 Å². The molecule has 0 saturated heterocycles. The number of primary amides is 1. The van der Waals surface area contributed by atoms with Gasteiger partial charge in [0.25, 0.3) is 0 Å². The number of fused-ring (bicyclic) bond motifs is 1. The van der Waals surface area contributed by atoms with Crippen molar-refractivity contribution in [3.8, 4) is 5.75 Å². The van der Waals surface area contributed by atoms with Crippen molar-refractivity contribution in [3.05, 3.63) is 29.8 Å². The van der Waals surface area contributed by atoms with Gasteiger partial charge >= 0.3 is 0 Å². The van der Waals surface area contributed by atoms with Gasteiger partial charge in [0.2, 0.25) is 5.91 Å². The van der Waals surface area contributed by atoms with E-state index in [9.17, 15) is 4.79 Å². The average molecular weight is 248 g/mol. The first-order chi connectivity index (χ1) is 8.58. The van der Waals surface area contributed by atoms with E-state index in [1.807, 2.05) is 25.1 Å². The summed E-state index contributed by atoms with van der Waals surface area (Å²) >= 11 is 0. The molecule has 0 radical (unpaired) electrons. The normalized spacial score (nSPS) is 23.2. The van der Waals surface area contributed by atoms with Crippen molar-refractivity contribution in [1.29, 1.82) is 0 Å². The second-order valence-corrected chi connectivity index (χ2v) is 4.96. The molecule has 0 spiro atoms. The Morgan fingerprint density at radius 1 is 1.50 bits per heavy atom. The van der Waals surface area contributed by atoms with Gasteiger partial charge in [-0.05, 0) is 13.0 Å². The molecule has 0 bridgehead atoms. The molecule has 4 heteroatoms. The van der Waals surface area contributed by atoms with Crippen LogP contribution in [-0.2, 0) is 4.79 Å². The molecule has 0 fully saturated rings. The Morgan fingerprint density at radius 3 is 2.89 bits per heavy atom. The van der Waals surface area contributed by atoms with Gasteiger partial charge in [-0.3, -0.25) is 4.79 Å². The first kappa shape index (κ1) is 12.9. The summed E-state index contributed by atoms with van der Waals surface area (Å²) in [4.78, 5) is 10.8. The molecule has 3 atom stereocenters. The van der Waals surface area contributed by atoms with Gasteiger partial charge in [0.1, 0.15) is 11.9 Å². The number of amides is 1. The monoisotopic (exact) mass is 248 g/mol. The number of carbonyl (C=O) groups excluding carboxylic acids is 1. The van der Waals surface area contributed by atoms with E-state index in [1.165, 1.54) is 5.56 Å². The van der Waals surface area contributed by atoms with Crippen molar-refractivity contribution in [3.63, 3.8) is 0 Å². The van der Waals surface area contributed by atoms with Gasteiger partial charge in [0.05, 0.1) is 0 Å². The minimum absolute atomic E-state index is 0.0852. The SMILES string of the molecule is CC(CC(N)=O)NC[C@H]1Oc2ccccc2[C@H]1C. The highest BCUT2D eigenvalue weighted by Gasteiger charge is 2.30. The zero-order chi connectivity index (χ0) is 13.1. The zero-order valence-electron chi connectivity index (χ0n) is 10.8. The largest absolute Gasteiger partial charge is 0.488 e. The van der Waals surface area contributed by atoms with Crippen molar-refractivity contribution >= 4 is 5.91 Å². The van der Waals surface area contributed by atoms with E-state index in [0.29, 0.717) is 12.3 Å². The molecule has 0 saturated carbocycles. The van der Waals surface area contributed by atoms with Gasteiger partial charge in [0, 0.05) is 30.5 Å². The predicted octanol–water partition coefficient (Wildman–Crippen LogP) is 1.40. The van der Waals surface area contributed by atoms with Crippen LogP contribution in [0.1, 0.15) is 31.7 Å². The average Bonchev–Trinajstić information content (AvgIpc) is 2.64. The van der Waals surface area contributed by atoms with Gasteiger partial charge in [-0.1, -0.05) is 25.1 Å². The number of nitrogens with two attached hydrogens (primary N) is 1. The second-order valence-electron chi connectivity index (χ2n) is 4.96. The van der Waals surface area contributed by atoms with E-state index in [4.69, 9.17) is 10.5 Å². The Bertz CT molecular complexity index is 434. The number of rotatable bonds is 5. The lowest BCUT2D eigenvalue weighted by molar-refractivity contribution is -0.118. The predicted molar refractivity (Wildman–Crippen MR) is 70.5 cm³/mol. The fraction of sp³-hybridized carbons (Fsp3) is 0.500. The maximum Gasteiger partial charge on any atom is 0.218 e. The maximum atomic E-state index is 10.8. The van der Waals surface area contributed by atoms with Crippen molar-refractivity contribution in [1.82, 2.24) is 5.32 Å². The first-order valence-electron chi connectivity index (χ1n) is 6.35.